The first-order valence-electron chi connectivity index (χ1n) is 7.00. The van der Waals surface area contributed by atoms with Crippen molar-refractivity contribution in [1.29, 1.82) is 0 Å². The van der Waals surface area contributed by atoms with Crippen molar-refractivity contribution in [2.24, 2.45) is 0 Å². The lowest BCUT2D eigenvalue weighted by Gasteiger charge is -2.10. The van der Waals surface area contributed by atoms with E-state index in [1.165, 1.54) is 6.33 Å². The summed E-state index contributed by atoms with van der Waals surface area (Å²) in [5.74, 6) is 2.18. The summed E-state index contributed by atoms with van der Waals surface area (Å²) >= 11 is 0. The molecule has 0 atom stereocenters. The maximum absolute atomic E-state index is 5.37. The third-order valence-electron chi connectivity index (χ3n) is 2.66. The number of rotatable bonds is 8. The molecule has 2 aromatic rings. The van der Waals surface area contributed by atoms with Crippen molar-refractivity contribution in [3.05, 3.63) is 36.2 Å². The first kappa shape index (κ1) is 15.1. The zero-order chi connectivity index (χ0) is 14.9. The maximum atomic E-state index is 5.37. The molecule has 0 fully saturated rings. The van der Waals surface area contributed by atoms with E-state index in [0.717, 1.165) is 23.9 Å². The summed E-state index contributed by atoms with van der Waals surface area (Å²) < 4.78 is 5.37. The van der Waals surface area contributed by atoms with Gasteiger partial charge in [-0.3, -0.25) is 0 Å². The summed E-state index contributed by atoms with van der Waals surface area (Å²) in [6.07, 6.45) is 3.25. The molecule has 2 N–H and O–H groups in total. The number of anilines is 2. The zero-order valence-electron chi connectivity index (χ0n) is 12.3. The number of hydrogen-bond acceptors (Lipinski definition) is 7. The van der Waals surface area contributed by atoms with Crippen LogP contribution in [-0.4, -0.2) is 33.1 Å². The lowest BCUT2D eigenvalue weighted by molar-refractivity contribution is 0.128. The van der Waals surface area contributed by atoms with E-state index in [4.69, 9.17) is 4.74 Å². The van der Waals surface area contributed by atoms with Gasteiger partial charge in [-0.2, -0.15) is 0 Å². The summed E-state index contributed by atoms with van der Waals surface area (Å²) in [6, 6.07) is 3.74. The van der Waals surface area contributed by atoms with Crippen LogP contribution in [0.25, 0.3) is 0 Å². The molecule has 7 heteroatoms. The fraction of sp³-hybridized carbons (Fsp3) is 0.429. The zero-order valence-corrected chi connectivity index (χ0v) is 12.3. The number of nitrogens with one attached hydrogen (secondary N) is 2. The van der Waals surface area contributed by atoms with Crippen LogP contribution in [-0.2, 0) is 17.9 Å². The van der Waals surface area contributed by atoms with E-state index < -0.39 is 0 Å². The van der Waals surface area contributed by atoms with Crippen LogP contribution in [0, 0.1) is 0 Å². The summed E-state index contributed by atoms with van der Waals surface area (Å²) in [5.41, 5.74) is 0.903. The highest BCUT2D eigenvalue weighted by atomic mass is 16.5. The van der Waals surface area contributed by atoms with Gasteiger partial charge in [-0.25, -0.2) is 19.9 Å². The van der Waals surface area contributed by atoms with Crippen LogP contribution in [0.2, 0.25) is 0 Å². The van der Waals surface area contributed by atoms with Crippen molar-refractivity contribution in [1.82, 2.24) is 19.9 Å². The molecule has 0 saturated heterocycles. The van der Waals surface area contributed by atoms with Crippen LogP contribution in [0.5, 0.6) is 0 Å². The molecule has 0 aliphatic rings. The lowest BCUT2D eigenvalue weighted by atomic mass is 10.4. The van der Waals surface area contributed by atoms with Crippen LogP contribution in [0.15, 0.2) is 24.7 Å². The van der Waals surface area contributed by atoms with E-state index in [-0.39, 0.29) is 0 Å². The Morgan fingerprint density at radius 1 is 1.14 bits per heavy atom. The molecule has 0 aromatic carbocycles. The largest absolute Gasteiger partial charge is 0.374 e. The Hall–Kier alpha value is -2.28. The standard InChI is InChI=1S/C14H20N6O/c1-3-16-12-7-13(20-14(19-12)9-21-4-2)17-8-11-5-6-15-10-18-11/h5-7,10H,3-4,8-9H2,1-2H3,(H2,16,17,19,20). The van der Waals surface area contributed by atoms with Gasteiger partial charge in [-0.1, -0.05) is 0 Å². The molecule has 0 unspecified atom stereocenters. The fourth-order valence-corrected chi connectivity index (χ4v) is 1.72. The van der Waals surface area contributed by atoms with E-state index in [2.05, 4.69) is 30.6 Å². The average molecular weight is 288 g/mol. The molecule has 7 nitrogen and oxygen atoms in total. The molecular weight excluding hydrogens is 268 g/mol. The highest BCUT2D eigenvalue weighted by molar-refractivity contribution is 5.47. The lowest BCUT2D eigenvalue weighted by Crippen LogP contribution is -2.09. The Labute approximate surface area is 124 Å². The van der Waals surface area contributed by atoms with Gasteiger partial charge in [-0.05, 0) is 19.9 Å². The SMILES string of the molecule is CCNc1cc(NCc2ccncn2)nc(COCC)n1. The highest BCUT2D eigenvalue weighted by Crippen LogP contribution is 2.12. The predicted octanol–water partition coefficient (Wildman–Crippen LogP) is 1.85. The van der Waals surface area contributed by atoms with Gasteiger partial charge in [0.25, 0.3) is 0 Å². The van der Waals surface area contributed by atoms with Gasteiger partial charge in [0, 0.05) is 25.4 Å². The molecule has 0 aliphatic carbocycles. The van der Waals surface area contributed by atoms with Crippen molar-refractivity contribution in [2.45, 2.75) is 27.0 Å². The molecule has 2 aromatic heterocycles. The molecule has 2 heterocycles. The van der Waals surface area contributed by atoms with Gasteiger partial charge >= 0.3 is 0 Å². The minimum absolute atomic E-state index is 0.401. The third-order valence-corrected chi connectivity index (χ3v) is 2.66. The monoisotopic (exact) mass is 288 g/mol. The van der Waals surface area contributed by atoms with Crippen LogP contribution < -0.4 is 10.6 Å². The van der Waals surface area contributed by atoms with Gasteiger partial charge < -0.3 is 15.4 Å². The number of hydrogen-bond donors (Lipinski definition) is 2. The van der Waals surface area contributed by atoms with E-state index in [1.807, 2.05) is 26.0 Å². The second-order valence-corrected chi connectivity index (χ2v) is 4.28. The molecular formula is C14H20N6O. The predicted molar refractivity (Wildman–Crippen MR) is 80.9 cm³/mol. The topological polar surface area (TPSA) is 84.9 Å². The minimum Gasteiger partial charge on any atom is -0.374 e. The maximum Gasteiger partial charge on any atom is 0.158 e. The molecule has 0 radical (unpaired) electrons. The Morgan fingerprint density at radius 3 is 2.62 bits per heavy atom. The molecule has 2 rings (SSSR count). The summed E-state index contributed by atoms with van der Waals surface area (Å²) in [5, 5.41) is 6.43. The van der Waals surface area contributed by atoms with Gasteiger partial charge in [0.15, 0.2) is 5.82 Å². The summed E-state index contributed by atoms with van der Waals surface area (Å²) in [4.78, 5) is 16.9. The third kappa shape index (κ3) is 4.96. The van der Waals surface area contributed by atoms with Crippen molar-refractivity contribution in [2.75, 3.05) is 23.8 Å². The van der Waals surface area contributed by atoms with Crippen molar-refractivity contribution in [3.8, 4) is 0 Å². The number of ether oxygens (including phenoxy) is 1. The summed E-state index contributed by atoms with van der Waals surface area (Å²) in [6.45, 7) is 6.40. The van der Waals surface area contributed by atoms with Crippen LogP contribution in [0.3, 0.4) is 0 Å². The average Bonchev–Trinajstić information content (AvgIpc) is 2.52. The van der Waals surface area contributed by atoms with Gasteiger partial charge in [0.05, 0.1) is 12.2 Å². The normalized spacial score (nSPS) is 10.4. The van der Waals surface area contributed by atoms with Crippen LogP contribution >= 0.6 is 0 Å². The minimum atomic E-state index is 0.401. The van der Waals surface area contributed by atoms with Crippen molar-refractivity contribution >= 4 is 11.6 Å². The smallest absolute Gasteiger partial charge is 0.158 e. The second kappa shape index (κ2) is 8.11. The fourth-order valence-electron chi connectivity index (χ4n) is 1.72. The molecule has 112 valence electrons. The second-order valence-electron chi connectivity index (χ2n) is 4.28. The van der Waals surface area contributed by atoms with Gasteiger partial charge in [0.2, 0.25) is 0 Å². The van der Waals surface area contributed by atoms with Crippen molar-refractivity contribution < 1.29 is 4.74 Å². The molecule has 21 heavy (non-hydrogen) atoms. The molecule has 0 saturated carbocycles. The van der Waals surface area contributed by atoms with Gasteiger partial charge in [0.1, 0.15) is 24.6 Å². The highest BCUT2D eigenvalue weighted by Gasteiger charge is 2.05. The van der Waals surface area contributed by atoms with Gasteiger partial charge in [-0.15, -0.1) is 0 Å². The van der Waals surface area contributed by atoms with E-state index in [0.29, 0.717) is 25.6 Å². The number of nitrogens with zero attached hydrogens (tertiary/aromatic N) is 4. The summed E-state index contributed by atoms with van der Waals surface area (Å²) in [7, 11) is 0. The Bertz CT molecular complexity index is 548. The first-order chi connectivity index (χ1) is 10.3. The molecule has 0 spiro atoms. The quantitative estimate of drug-likeness (QED) is 0.766. The molecule has 0 bridgehead atoms. The first-order valence-corrected chi connectivity index (χ1v) is 7.00. The van der Waals surface area contributed by atoms with Crippen LogP contribution in [0.1, 0.15) is 25.4 Å². The van der Waals surface area contributed by atoms with E-state index in [9.17, 15) is 0 Å². The van der Waals surface area contributed by atoms with E-state index in [1.54, 1.807) is 6.20 Å². The number of aromatic nitrogens is 4. The van der Waals surface area contributed by atoms with E-state index >= 15 is 0 Å². The Balaban J connectivity index is 2.07. The Kier molecular flexibility index (Phi) is 5.83. The Morgan fingerprint density at radius 2 is 1.95 bits per heavy atom. The molecule has 0 aliphatic heterocycles. The van der Waals surface area contributed by atoms with Crippen molar-refractivity contribution in [3.63, 3.8) is 0 Å². The van der Waals surface area contributed by atoms with Crippen LogP contribution in [0.4, 0.5) is 11.6 Å². The molecule has 0 amide bonds.